The van der Waals surface area contributed by atoms with Gasteiger partial charge in [-0.3, -0.25) is 0 Å². The number of nitrogens with zero attached hydrogens (tertiary/aromatic N) is 4. The molecule has 0 bridgehead atoms. The van der Waals surface area contributed by atoms with E-state index < -0.39 is 0 Å². The van der Waals surface area contributed by atoms with Crippen molar-refractivity contribution in [3.8, 4) is 18.2 Å². The van der Waals surface area contributed by atoms with Gasteiger partial charge >= 0.3 is 0 Å². The summed E-state index contributed by atoms with van der Waals surface area (Å²) in [5, 5.41) is 27.8. The molecule has 0 N–H and O–H groups in total. The lowest BCUT2D eigenvalue weighted by Crippen LogP contribution is -2.30. The van der Waals surface area contributed by atoms with Crippen LogP contribution in [0.1, 0.15) is 26.7 Å². The van der Waals surface area contributed by atoms with Crippen molar-refractivity contribution in [1.82, 2.24) is 4.90 Å². The molecule has 0 atom stereocenters. The van der Waals surface area contributed by atoms with Crippen LogP contribution in [0.4, 0.5) is 0 Å². The average molecular weight is 300 g/mol. The summed E-state index contributed by atoms with van der Waals surface area (Å²) in [4.78, 5) is 2.09. The molecule has 0 heterocycles. The first kappa shape index (κ1) is 17.2. The molecule has 0 unspecified atom stereocenters. The lowest BCUT2D eigenvalue weighted by molar-refractivity contribution is 0.292. The minimum Gasteiger partial charge on any atom is -0.376 e. The summed E-state index contributed by atoms with van der Waals surface area (Å²) in [6, 6.07) is 6.09. The smallest absolute Gasteiger partial charge is 0.134 e. The number of hydrogen-bond donors (Lipinski definition) is 0. The molecular weight excluding hydrogens is 280 g/mol. The first-order chi connectivity index (χ1) is 9.90. The second-order valence-corrected chi connectivity index (χ2v) is 6.93. The zero-order valence-electron chi connectivity index (χ0n) is 13.0. The Morgan fingerprint density at radius 1 is 1.24 bits per heavy atom. The molecule has 1 aliphatic rings. The number of thioether (sulfide) groups is 1. The van der Waals surface area contributed by atoms with E-state index in [1.807, 2.05) is 25.4 Å². The zero-order valence-corrected chi connectivity index (χ0v) is 13.8. The molecule has 21 heavy (non-hydrogen) atoms. The van der Waals surface area contributed by atoms with Gasteiger partial charge in [0.2, 0.25) is 0 Å². The Morgan fingerprint density at radius 2 is 1.86 bits per heavy atom. The van der Waals surface area contributed by atoms with Crippen LogP contribution < -0.4 is 0 Å². The van der Waals surface area contributed by atoms with Crippen molar-refractivity contribution in [2.45, 2.75) is 26.7 Å². The van der Waals surface area contributed by atoms with Crippen molar-refractivity contribution < 1.29 is 0 Å². The van der Waals surface area contributed by atoms with Crippen LogP contribution in [-0.2, 0) is 0 Å². The van der Waals surface area contributed by atoms with Gasteiger partial charge in [-0.15, -0.1) is 0 Å². The highest BCUT2D eigenvalue weighted by atomic mass is 32.2. The van der Waals surface area contributed by atoms with Crippen LogP contribution in [0.25, 0.3) is 0 Å². The van der Waals surface area contributed by atoms with Crippen molar-refractivity contribution >= 4 is 11.8 Å². The number of nitriles is 3. The van der Waals surface area contributed by atoms with E-state index in [1.165, 1.54) is 0 Å². The third-order valence-corrected chi connectivity index (χ3v) is 4.21. The summed E-state index contributed by atoms with van der Waals surface area (Å²) in [7, 11) is 1.97. The average Bonchev–Trinajstić information content (AvgIpc) is 2.44. The highest BCUT2D eigenvalue weighted by Crippen LogP contribution is 2.43. The fourth-order valence-electron chi connectivity index (χ4n) is 2.54. The summed E-state index contributed by atoms with van der Waals surface area (Å²) in [6.45, 7) is 5.06. The van der Waals surface area contributed by atoms with Gasteiger partial charge in [-0.25, -0.2) is 0 Å². The molecule has 0 aromatic heterocycles. The molecule has 0 aromatic rings. The molecule has 0 fully saturated rings. The van der Waals surface area contributed by atoms with Crippen LogP contribution in [0, 0.1) is 39.4 Å². The minimum absolute atomic E-state index is 0.0580. The molecule has 1 rings (SSSR count). The van der Waals surface area contributed by atoms with Gasteiger partial charge in [0, 0.05) is 30.6 Å². The Bertz CT molecular complexity index is 577. The molecule has 1 aliphatic carbocycles. The molecule has 0 radical (unpaired) electrons. The molecule has 0 aliphatic heterocycles. The maximum absolute atomic E-state index is 9.52. The van der Waals surface area contributed by atoms with E-state index in [0.29, 0.717) is 17.6 Å². The molecule has 0 saturated heterocycles. The van der Waals surface area contributed by atoms with E-state index in [1.54, 1.807) is 11.8 Å². The van der Waals surface area contributed by atoms with Gasteiger partial charge in [0.25, 0.3) is 0 Å². The van der Waals surface area contributed by atoms with Gasteiger partial charge in [-0.05, 0) is 24.5 Å². The van der Waals surface area contributed by atoms with Crippen molar-refractivity contribution in [3.05, 3.63) is 22.4 Å². The summed E-state index contributed by atoms with van der Waals surface area (Å²) in [5.74, 6) is 0.974. The van der Waals surface area contributed by atoms with Gasteiger partial charge in [-0.1, -0.05) is 13.8 Å². The number of rotatable bonds is 4. The second kappa shape index (κ2) is 7.21. The summed E-state index contributed by atoms with van der Waals surface area (Å²) in [6.07, 6.45) is 3.42. The van der Waals surface area contributed by atoms with Crippen molar-refractivity contribution in [1.29, 1.82) is 15.8 Å². The third kappa shape index (κ3) is 4.03. The van der Waals surface area contributed by atoms with Gasteiger partial charge in [0.15, 0.2) is 0 Å². The lowest BCUT2D eigenvalue weighted by Gasteiger charge is -2.37. The van der Waals surface area contributed by atoms with Crippen LogP contribution >= 0.6 is 11.8 Å². The molecule has 0 saturated carbocycles. The predicted molar refractivity (Wildman–Crippen MR) is 84.9 cm³/mol. The van der Waals surface area contributed by atoms with E-state index >= 15 is 0 Å². The largest absolute Gasteiger partial charge is 0.376 e. The SMILES string of the molecule is CSCCN(C)C1=C(C#N)C(=C(C#N)C#N)CC(C)(C)C1. The van der Waals surface area contributed by atoms with Gasteiger partial charge < -0.3 is 4.90 Å². The summed E-state index contributed by atoms with van der Waals surface area (Å²) in [5.41, 5.74) is 2.06. The van der Waals surface area contributed by atoms with E-state index in [-0.39, 0.29) is 11.0 Å². The number of allylic oxidation sites excluding steroid dienone is 4. The Morgan fingerprint density at radius 3 is 2.33 bits per heavy atom. The normalized spacial score (nSPS) is 16.7. The van der Waals surface area contributed by atoms with Gasteiger partial charge in [0.05, 0.1) is 5.57 Å². The van der Waals surface area contributed by atoms with E-state index in [0.717, 1.165) is 24.4 Å². The lowest BCUT2D eigenvalue weighted by atomic mass is 9.72. The monoisotopic (exact) mass is 300 g/mol. The standard InChI is InChI=1S/C16H20N4S/c1-16(2)7-13(12(9-17)10-18)14(11-19)15(8-16)20(3)5-6-21-4/h5-8H2,1-4H3. The Kier molecular flexibility index (Phi) is 5.89. The Hall–Kier alpha value is -1.90. The first-order valence-electron chi connectivity index (χ1n) is 6.77. The van der Waals surface area contributed by atoms with Crippen LogP contribution in [-0.4, -0.2) is 30.5 Å². The quantitative estimate of drug-likeness (QED) is 0.745. The van der Waals surface area contributed by atoms with Crippen molar-refractivity contribution in [2.75, 3.05) is 25.6 Å². The molecule has 0 aromatic carbocycles. The molecule has 110 valence electrons. The predicted octanol–water partition coefficient (Wildman–Crippen LogP) is 3.22. The van der Waals surface area contributed by atoms with Crippen LogP contribution in [0.3, 0.4) is 0 Å². The topological polar surface area (TPSA) is 74.6 Å². The molecular formula is C16H20N4S. The van der Waals surface area contributed by atoms with E-state index in [4.69, 9.17) is 10.5 Å². The Balaban J connectivity index is 3.42. The van der Waals surface area contributed by atoms with E-state index in [2.05, 4.69) is 24.8 Å². The second-order valence-electron chi connectivity index (χ2n) is 5.94. The Labute approximate surface area is 131 Å². The maximum Gasteiger partial charge on any atom is 0.134 e. The number of hydrogen-bond acceptors (Lipinski definition) is 5. The molecule has 5 heteroatoms. The van der Waals surface area contributed by atoms with Crippen molar-refractivity contribution in [2.24, 2.45) is 5.41 Å². The molecule has 0 amide bonds. The minimum atomic E-state index is -0.0580. The van der Waals surface area contributed by atoms with Gasteiger partial charge in [0.1, 0.15) is 23.8 Å². The van der Waals surface area contributed by atoms with E-state index in [9.17, 15) is 5.26 Å². The van der Waals surface area contributed by atoms with Crippen LogP contribution in [0.5, 0.6) is 0 Å². The summed E-state index contributed by atoms with van der Waals surface area (Å²) < 4.78 is 0. The van der Waals surface area contributed by atoms with Crippen molar-refractivity contribution in [3.63, 3.8) is 0 Å². The van der Waals surface area contributed by atoms with Crippen LogP contribution in [0.2, 0.25) is 0 Å². The van der Waals surface area contributed by atoms with Crippen LogP contribution in [0.15, 0.2) is 22.4 Å². The summed E-state index contributed by atoms with van der Waals surface area (Å²) >= 11 is 1.75. The first-order valence-corrected chi connectivity index (χ1v) is 8.16. The van der Waals surface area contributed by atoms with Gasteiger partial charge in [-0.2, -0.15) is 27.5 Å². The third-order valence-electron chi connectivity index (χ3n) is 3.62. The highest BCUT2D eigenvalue weighted by molar-refractivity contribution is 7.98. The maximum atomic E-state index is 9.52. The zero-order chi connectivity index (χ0) is 16.0. The fraction of sp³-hybridized carbons (Fsp3) is 0.562. The molecule has 0 spiro atoms. The molecule has 4 nitrogen and oxygen atoms in total. The fourth-order valence-corrected chi connectivity index (χ4v) is 3.00. The highest BCUT2D eigenvalue weighted by Gasteiger charge is 2.33.